The van der Waals surface area contributed by atoms with Crippen LogP contribution in [0.2, 0.25) is 0 Å². The Bertz CT molecular complexity index is 1140. The molecule has 33 heavy (non-hydrogen) atoms. The lowest BCUT2D eigenvalue weighted by Gasteiger charge is -2.33. The number of hydrogen-bond donors (Lipinski definition) is 1. The molecule has 1 aromatic heterocycles. The van der Waals surface area contributed by atoms with Crippen LogP contribution >= 0.6 is 11.3 Å². The van der Waals surface area contributed by atoms with Gasteiger partial charge in [0.1, 0.15) is 5.00 Å². The Morgan fingerprint density at radius 3 is 2.42 bits per heavy atom. The number of hydrogen-bond acceptors (Lipinski definition) is 4. The van der Waals surface area contributed by atoms with E-state index in [0.29, 0.717) is 5.92 Å². The lowest BCUT2D eigenvalue weighted by Crippen LogP contribution is -2.27. The SMILES string of the molecule is CN(C)c1ccc(C=Nc2sc3c(c2C(=O)Nc2ccccc2)CC[C@H](C(C)(C)C)C3)cc1. The second-order valence-electron chi connectivity index (χ2n) is 10.1. The van der Waals surface area contributed by atoms with E-state index in [0.717, 1.165) is 46.8 Å². The van der Waals surface area contributed by atoms with Crippen LogP contribution in [0, 0.1) is 11.3 Å². The van der Waals surface area contributed by atoms with Gasteiger partial charge in [-0.1, -0.05) is 51.1 Å². The standard InChI is InChI=1S/C28H33N3OS/c1-28(2,3)20-13-16-23-24(17-20)33-27(25(23)26(32)30-21-9-7-6-8-10-21)29-18-19-11-14-22(15-12-19)31(4)5/h6-12,14-15,18,20H,13,16-17H2,1-5H3,(H,30,32)/t20-/m0/s1. The molecule has 0 saturated carbocycles. The molecule has 2 aromatic carbocycles. The van der Waals surface area contributed by atoms with Crippen LogP contribution < -0.4 is 10.2 Å². The summed E-state index contributed by atoms with van der Waals surface area (Å²) in [5.41, 5.74) is 5.16. The van der Waals surface area contributed by atoms with Crippen molar-refractivity contribution >= 4 is 39.8 Å². The summed E-state index contributed by atoms with van der Waals surface area (Å²) in [7, 11) is 4.06. The lowest BCUT2D eigenvalue weighted by atomic mass is 9.72. The third-order valence-corrected chi connectivity index (χ3v) is 7.63. The summed E-state index contributed by atoms with van der Waals surface area (Å²) in [6.07, 6.45) is 4.92. The van der Waals surface area contributed by atoms with Gasteiger partial charge < -0.3 is 10.2 Å². The monoisotopic (exact) mass is 459 g/mol. The predicted octanol–water partition coefficient (Wildman–Crippen LogP) is 6.97. The number of thiophene rings is 1. The Hall–Kier alpha value is -2.92. The van der Waals surface area contributed by atoms with Gasteiger partial charge in [0.25, 0.3) is 5.91 Å². The molecule has 0 radical (unpaired) electrons. The van der Waals surface area contributed by atoms with Crippen molar-refractivity contribution in [2.24, 2.45) is 16.3 Å². The number of aliphatic imine (C=N–C) groups is 1. The molecule has 0 saturated heterocycles. The summed E-state index contributed by atoms with van der Waals surface area (Å²) in [5, 5.41) is 3.89. The molecule has 4 rings (SSSR count). The quantitative estimate of drug-likeness (QED) is 0.419. The van der Waals surface area contributed by atoms with Crippen LogP contribution in [0.4, 0.5) is 16.4 Å². The normalized spacial score (nSPS) is 16.0. The Morgan fingerprint density at radius 1 is 1.09 bits per heavy atom. The molecule has 1 amide bonds. The van der Waals surface area contributed by atoms with Gasteiger partial charge in [0.15, 0.2) is 0 Å². The van der Waals surface area contributed by atoms with Crippen LogP contribution in [0.15, 0.2) is 59.6 Å². The topological polar surface area (TPSA) is 44.7 Å². The van der Waals surface area contributed by atoms with Gasteiger partial charge in [-0.2, -0.15) is 0 Å². The first kappa shape index (κ1) is 23.2. The Morgan fingerprint density at radius 2 is 1.79 bits per heavy atom. The highest BCUT2D eigenvalue weighted by Gasteiger charge is 2.33. The molecule has 0 bridgehead atoms. The van der Waals surface area contributed by atoms with Crippen molar-refractivity contribution in [3.8, 4) is 0 Å². The first-order valence-corrected chi connectivity index (χ1v) is 12.4. The summed E-state index contributed by atoms with van der Waals surface area (Å²) < 4.78 is 0. The minimum atomic E-state index is -0.0667. The van der Waals surface area contributed by atoms with E-state index in [1.165, 1.54) is 10.4 Å². The van der Waals surface area contributed by atoms with Crippen molar-refractivity contribution in [2.75, 3.05) is 24.3 Å². The molecular formula is C28H33N3OS. The van der Waals surface area contributed by atoms with Gasteiger partial charge in [0.05, 0.1) is 5.56 Å². The molecular weight excluding hydrogens is 426 g/mol. The number of fused-ring (bicyclic) bond motifs is 1. The highest BCUT2D eigenvalue weighted by molar-refractivity contribution is 7.16. The molecule has 1 aliphatic carbocycles. The molecule has 172 valence electrons. The molecule has 1 N–H and O–H groups in total. The second kappa shape index (κ2) is 9.52. The van der Waals surface area contributed by atoms with Gasteiger partial charge in [-0.3, -0.25) is 4.79 Å². The number of amides is 1. The highest BCUT2D eigenvalue weighted by Crippen LogP contribution is 2.45. The number of rotatable bonds is 5. The first-order valence-electron chi connectivity index (χ1n) is 11.5. The van der Waals surface area contributed by atoms with Gasteiger partial charge in [-0.05, 0) is 66.0 Å². The van der Waals surface area contributed by atoms with E-state index in [4.69, 9.17) is 4.99 Å². The molecule has 1 atom stereocenters. The van der Waals surface area contributed by atoms with E-state index in [-0.39, 0.29) is 11.3 Å². The molecule has 0 fully saturated rings. The molecule has 3 aromatic rings. The summed E-state index contributed by atoms with van der Waals surface area (Å²) in [4.78, 5) is 21.6. The van der Waals surface area contributed by atoms with E-state index < -0.39 is 0 Å². The van der Waals surface area contributed by atoms with E-state index in [9.17, 15) is 4.79 Å². The average molecular weight is 460 g/mol. The second-order valence-corrected chi connectivity index (χ2v) is 11.1. The first-order chi connectivity index (χ1) is 15.7. The van der Waals surface area contributed by atoms with E-state index >= 15 is 0 Å². The van der Waals surface area contributed by atoms with Crippen LogP contribution in [-0.2, 0) is 12.8 Å². The van der Waals surface area contributed by atoms with Crippen molar-refractivity contribution in [1.29, 1.82) is 0 Å². The molecule has 1 heterocycles. The van der Waals surface area contributed by atoms with Crippen LogP contribution in [0.5, 0.6) is 0 Å². The zero-order valence-corrected chi connectivity index (χ0v) is 21.0. The third kappa shape index (κ3) is 5.36. The molecule has 1 aliphatic rings. The largest absolute Gasteiger partial charge is 0.378 e. The highest BCUT2D eigenvalue weighted by atomic mass is 32.1. The van der Waals surface area contributed by atoms with Gasteiger partial charge in [0.2, 0.25) is 0 Å². The number of benzene rings is 2. The maximum atomic E-state index is 13.4. The number of carbonyl (C=O) groups excluding carboxylic acids is 1. The fourth-order valence-electron chi connectivity index (χ4n) is 4.34. The van der Waals surface area contributed by atoms with E-state index in [1.807, 2.05) is 50.6 Å². The van der Waals surface area contributed by atoms with Crippen LogP contribution in [0.25, 0.3) is 0 Å². The van der Waals surface area contributed by atoms with Crippen molar-refractivity contribution in [1.82, 2.24) is 0 Å². The minimum Gasteiger partial charge on any atom is -0.378 e. The zero-order chi connectivity index (χ0) is 23.6. The molecule has 0 spiro atoms. The summed E-state index contributed by atoms with van der Waals surface area (Å²) >= 11 is 1.68. The fourth-order valence-corrected chi connectivity index (χ4v) is 5.61. The van der Waals surface area contributed by atoms with Gasteiger partial charge >= 0.3 is 0 Å². The smallest absolute Gasteiger partial charge is 0.259 e. The number of carbonyl (C=O) groups is 1. The van der Waals surface area contributed by atoms with Crippen LogP contribution in [-0.4, -0.2) is 26.2 Å². The Balaban J connectivity index is 1.67. The van der Waals surface area contributed by atoms with Crippen LogP contribution in [0.1, 0.15) is 53.6 Å². The number of nitrogens with one attached hydrogen (secondary N) is 1. The average Bonchev–Trinajstić information content (AvgIpc) is 3.16. The maximum absolute atomic E-state index is 13.4. The zero-order valence-electron chi connectivity index (χ0n) is 20.2. The number of anilines is 2. The molecule has 0 unspecified atom stereocenters. The predicted molar refractivity (Wildman–Crippen MR) is 142 cm³/mol. The lowest BCUT2D eigenvalue weighted by molar-refractivity contribution is 0.102. The molecule has 4 nitrogen and oxygen atoms in total. The summed E-state index contributed by atoms with van der Waals surface area (Å²) in [5.74, 6) is 0.548. The van der Waals surface area contributed by atoms with E-state index in [2.05, 4.69) is 55.3 Å². The number of nitrogens with zero attached hydrogens (tertiary/aromatic N) is 2. The third-order valence-electron chi connectivity index (χ3n) is 6.47. The van der Waals surface area contributed by atoms with E-state index in [1.54, 1.807) is 11.3 Å². The Labute approximate surface area is 201 Å². The molecule has 0 aliphatic heterocycles. The summed E-state index contributed by atoms with van der Waals surface area (Å²) in [6.45, 7) is 6.95. The summed E-state index contributed by atoms with van der Waals surface area (Å²) in [6, 6.07) is 17.9. The van der Waals surface area contributed by atoms with Gasteiger partial charge in [-0.15, -0.1) is 11.3 Å². The maximum Gasteiger partial charge on any atom is 0.259 e. The fraction of sp³-hybridized carbons (Fsp3) is 0.357. The van der Waals surface area contributed by atoms with Crippen molar-refractivity contribution < 1.29 is 4.79 Å². The van der Waals surface area contributed by atoms with Crippen molar-refractivity contribution in [2.45, 2.75) is 40.0 Å². The van der Waals surface area contributed by atoms with Crippen molar-refractivity contribution in [3.63, 3.8) is 0 Å². The van der Waals surface area contributed by atoms with Crippen molar-refractivity contribution in [3.05, 3.63) is 76.2 Å². The minimum absolute atomic E-state index is 0.0667. The van der Waals surface area contributed by atoms with Gasteiger partial charge in [-0.25, -0.2) is 4.99 Å². The van der Waals surface area contributed by atoms with Crippen LogP contribution in [0.3, 0.4) is 0 Å². The molecule has 5 heteroatoms. The number of para-hydroxylation sites is 1. The van der Waals surface area contributed by atoms with Gasteiger partial charge in [0, 0.05) is 36.6 Å². The Kier molecular flexibility index (Phi) is 6.71.